The third kappa shape index (κ3) is 2.38. The van der Waals surface area contributed by atoms with Crippen molar-refractivity contribution in [3.05, 3.63) is 22.7 Å². The van der Waals surface area contributed by atoms with Gasteiger partial charge in [0.15, 0.2) is 0 Å². The van der Waals surface area contributed by atoms with E-state index >= 15 is 0 Å². The summed E-state index contributed by atoms with van der Waals surface area (Å²) in [5.74, 6) is 0.649. The van der Waals surface area contributed by atoms with Gasteiger partial charge in [-0.3, -0.25) is 0 Å². The topological polar surface area (TPSA) is 43.8 Å². The molecule has 1 heterocycles. The zero-order valence-corrected chi connectivity index (χ0v) is 13.1. The number of hydrogen-bond acceptors (Lipinski definition) is 2. The van der Waals surface area contributed by atoms with Crippen molar-refractivity contribution in [2.24, 2.45) is 5.41 Å². The Labute approximate surface area is 122 Å². The van der Waals surface area contributed by atoms with Crippen molar-refractivity contribution >= 4 is 32.9 Å². The van der Waals surface area contributed by atoms with Gasteiger partial charge in [-0.15, -0.1) is 0 Å². The molecule has 2 N–H and O–H groups in total. The smallest absolute Gasteiger partial charge is 0.201 e. The Balaban J connectivity index is 2.08. The van der Waals surface area contributed by atoms with Crippen molar-refractivity contribution in [3.63, 3.8) is 0 Å². The highest BCUT2D eigenvalue weighted by Crippen LogP contribution is 2.43. The Bertz CT molecular complexity index is 615. The summed E-state index contributed by atoms with van der Waals surface area (Å²) in [7, 11) is 0. The van der Waals surface area contributed by atoms with Crippen LogP contribution >= 0.6 is 15.9 Å². The van der Waals surface area contributed by atoms with Gasteiger partial charge in [-0.1, -0.05) is 36.2 Å². The van der Waals surface area contributed by atoms with E-state index in [-0.39, 0.29) is 0 Å². The van der Waals surface area contributed by atoms with Gasteiger partial charge >= 0.3 is 0 Å². The number of imidazole rings is 1. The summed E-state index contributed by atoms with van der Waals surface area (Å²) < 4.78 is 3.32. The summed E-state index contributed by atoms with van der Waals surface area (Å²) in [6.45, 7) is 4.70. The SMILES string of the molecule is CC1(C)CCCC(n2c(N)nc3ccc(Br)cc32)C1. The summed E-state index contributed by atoms with van der Waals surface area (Å²) in [6.07, 6.45) is 4.95. The second-order valence-corrected chi connectivity index (χ2v) is 7.30. The van der Waals surface area contributed by atoms with Gasteiger partial charge in [-0.2, -0.15) is 0 Å². The second-order valence-electron chi connectivity index (χ2n) is 6.39. The number of nitrogens with zero attached hydrogens (tertiary/aromatic N) is 2. The highest BCUT2D eigenvalue weighted by atomic mass is 79.9. The molecule has 1 unspecified atom stereocenters. The first-order valence-electron chi connectivity index (χ1n) is 6.89. The van der Waals surface area contributed by atoms with Crippen molar-refractivity contribution in [1.82, 2.24) is 9.55 Å². The monoisotopic (exact) mass is 321 g/mol. The average molecular weight is 322 g/mol. The van der Waals surface area contributed by atoms with Crippen LogP contribution in [0.15, 0.2) is 22.7 Å². The Morgan fingerprint density at radius 3 is 2.95 bits per heavy atom. The van der Waals surface area contributed by atoms with E-state index in [1.807, 2.05) is 12.1 Å². The molecule has 3 nitrogen and oxygen atoms in total. The maximum Gasteiger partial charge on any atom is 0.201 e. The minimum absolute atomic E-state index is 0.401. The minimum atomic E-state index is 0.401. The Hall–Kier alpha value is -1.03. The highest BCUT2D eigenvalue weighted by Gasteiger charge is 2.30. The van der Waals surface area contributed by atoms with Gasteiger partial charge in [0.1, 0.15) is 0 Å². The lowest BCUT2D eigenvalue weighted by molar-refractivity contribution is 0.187. The van der Waals surface area contributed by atoms with Gasteiger partial charge in [0.05, 0.1) is 11.0 Å². The van der Waals surface area contributed by atoms with Crippen LogP contribution in [-0.4, -0.2) is 9.55 Å². The van der Waals surface area contributed by atoms with E-state index in [0.29, 0.717) is 17.4 Å². The van der Waals surface area contributed by atoms with Crippen LogP contribution < -0.4 is 5.73 Å². The fourth-order valence-corrected chi connectivity index (χ4v) is 3.70. The molecule has 0 amide bonds. The molecule has 3 rings (SSSR count). The summed E-state index contributed by atoms with van der Waals surface area (Å²) in [5, 5.41) is 0. The average Bonchev–Trinajstić information content (AvgIpc) is 2.63. The minimum Gasteiger partial charge on any atom is -0.369 e. The normalized spacial score (nSPS) is 22.8. The van der Waals surface area contributed by atoms with Crippen LogP contribution in [0.5, 0.6) is 0 Å². The van der Waals surface area contributed by atoms with E-state index in [1.54, 1.807) is 0 Å². The van der Waals surface area contributed by atoms with Crippen LogP contribution in [0.25, 0.3) is 11.0 Å². The lowest BCUT2D eigenvalue weighted by Crippen LogP contribution is -2.25. The fourth-order valence-electron chi connectivity index (χ4n) is 3.35. The van der Waals surface area contributed by atoms with Gasteiger partial charge in [0.2, 0.25) is 5.95 Å². The van der Waals surface area contributed by atoms with E-state index in [2.05, 4.69) is 45.4 Å². The van der Waals surface area contributed by atoms with E-state index in [9.17, 15) is 0 Å². The first kappa shape index (κ1) is 13.0. The number of aromatic nitrogens is 2. The second kappa shape index (κ2) is 4.51. The summed E-state index contributed by atoms with van der Waals surface area (Å²) >= 11 is 3.54. The molecular weight excluding hydrogens is 302 g/mol. The summed E-state index contributed by atoms with van der Waals surface area (Å²) in [6, 6.07) is 6.65. The Morgan fingerprint density at radius 2 is 2.21 bits per heavy atom. The van der Waals surface area contributed by atoms with E-state index in [1.165, 1.54) is 25.7 Å². The molecule has 102 valence electrons. The predicted molar refractivity (Wildman–Crippen MR) is 83.1 cm³/mol. The molecule has 0 aliphatic heterocycles. The maximum absolute atomic E-state index is 6.16. The van der Waals surface area contributed by atoms with E-state index in [4.69, 9.17) is 5.73 Å². The molecule has 19 heavy (non-hydrogen) atoms. The molecule has 1 aromatic carbocycles. The van der Waals surface area contributed by atoms with Gasteiger partial charge in [-0.05, 0) is 42.9 Å². The number of hydrogen-bond donors (Lipinski definition) is 1. The van der Waals surface area contributed by atoms with Crippen LogP contribution in [-0.2, 0) is 0 Å². The van der Waals surface area contributed by atoms with Crippen LogP contribution in [0.1, 0.15) is 45.6 Å². The molecular formula is C15H20BrN3. The molecule has 2 aromatic rings. The molecule has 1 atom stereocenters. The van der Waals surface area contributed by atoms with Crippen LogP contribution in [0.2, 0.25) is 0 Å². The predicted octanol–water partition coefficient (Wildman–Crippen LogP) is 4.52. The standard InChI is InChI=1S/C15H20BrN3/c1-15(2)7-3-4-11(9-15)19-13-8-10(16)5-6-12(13)18-14(19)17/h5-6,8,11H,3-4,7,9H2,1-2H3,(H2,17,18). The number of halogens is 1. The zero-order valence-electron chi connectivity index (χ0n) is 11.5. The van der Waals surface area contributed by atoms with Crippen LogP contribution in [0, 0.1) is 5.41 Å². The number of fused-ring (bicyclic) bond motifs is 1. The van der Waals surface area contributed by atoms with Gasteiger partial charge < -0.3 is 10.3 Å². The van der Waals surface area contributed by atoms with Gasteiger partial charge in [0.25, 0.3) is 0 Å². The van der Waals surface area contributed by atoms with Crippen molar-refractivity contribution in [3.8, 4) is 0 Å². The highest BCUT2D eigenvalue weighted by molar-refractivity contribution is 9.10. The first-order chi connectivity index (χ1) is 8.96. The number of nitrogen functional groups attached to an aromatic ring is 1. The molecule has 0 bridgehead atoms. The summed E-state index contributed by atoms with van der Waals surface area (Å²) in [4.78, 5) is 4.50. The molecule has 1 aliphatic rings. The molecule has 0 radical (unpaired) electrons. The third-order valence-electron chi connectivity index (χ3n) is 4.22. The van der Waals surface area contributed by atoms with Crippen molar-refractivity contribution < 1.29 is 0 Å². The fraction of sp³-hybridized carbons (Fsp3) is 0.533. The Kier molecular flexibility index (Phi) is 3.08. The van der Waals surface area contributed by atoms with E-state index in [0.717, 1.165) is 15.5 Å². The Morgan fingerprint density at radius 1 is 1.42 bits per heavy atom. The third-order valence-corrected chi connectivity index (χ3v) is 4.72. The molecule has 1 aliphatic carbocycles. The molecule has 1 fully saturated rings. The lowest BCUT2D eigenvalue weighted by atomic mass is 9.75. The first-order valence-corrected chi connectivity index (χ1v) is 7.68. The van der Waals surface area contributed by atoms with Crippen molar-refractivity contribution in [2.45, 2.75) is 45.6 Å². The molecule has 1 saturated carbocycles. The van der Waals surface area contributed by atoms with Crippen molar-refractivity contribution in [2.75, 3.05) is 5.73 Å². The largest absolute Gasteiger partial charge is 0.369 e. The van der Waals surface area contributed by atoms with Crippen LogP contribution in [0.3, 0.4) is 0 Å². The van der Waals surface area contributed by atoms with Crippen molar-refractivity contribution in [1.29, 1.82) is 0 Å². The van der Waals surface area contributed by atoms with E-state index < -0.39 is 0 Å². The number of benzene rings is 1. The van der Waals surface area contributed by atoms with Gasteiger partial charge in [-0.25, -0.2) is 4.98 Å². The zero-order chi connectivity index (χ0) is 13.6. The molecule has 4 heteroatoms. The quantitative estimate of drug-likeness (QED) is 0.839. The number of anilines is 1. The maximum atomic E-state index is 6.16. The molecule has 0 spiro atoms. The lowest BCUT2D eigenvalue weighted by Gasteiger charge is -2.36. The summed E-state index contributed by atoms with van der Waals surface area (Å²) in [5.41, 5.74) is 8.70. The van der Waals surface area contributed by atoms with Gasteiger partial charge in [0, 0.05) is 10.5 Å². The number of nitrogens with two attached hydrogens (primary N) is 1. The molecule has 1 aromatic heterocycles. The van der Waals surface area contributed by atoms with Crippen LogP contribution in [0.4, 0.5) is 5.95 Å². The number of rotatable bonds is 1. The molecule has 0 saturated heterocycles.